The van der Waals surface area contributed by atoms with Crippen LogP contribution in [0.5, 0.6) is 0 Å². The number of furan rings is 1. The maximum absolute atomic E-state index is 10.2. The topological polar surface area (TPSA) is 40.8 Å². The lowest BCUT2D eigenvalue weighted by atomic mass is 9.81. The monoisotopic (exact) mass is 423 g/mol. The minimum Gasteiger partial charge on any atom is -0.454 e. The molecule has 3 heteroatoms. The summed E-state index contributed by atoms with van der Waals surface area (Å²) in [5.41, 5.74) is 8.30. The van der Waals surface area contributed by atoms with Crippen molar-refractivity contribution >= 4 is 21.9 Å². The number of nitriles is 1. The van der Waals surface area contributed by atoms with Crippen LogP contribution in [0.3, 0.4) is 0 Å². The molecule has 1 aliphatic carbocycles. The number of benzene rings is 2. The fourth-order valence-electron chi connectivity index (χ4n) is 5.62. The second kappa shape index (κ2) is 8.10. The first kappa shape index (κ1) is 20.8. The summed E-state index contributed by atoms with van der Waals surface area (Å²) < 4.78 is 8.82. The van der Waals surface area contributed by atoms with Crippen molar-refractivity contribution in [2.75, 3.05) is 0 Å². The van der Waals surface area contributed by atoms with Gasteiger partial charge in [-0.15, -0.1) is 0 Å². The summed E-state index contributed by atoms with van der Waals surface area (Å²) in [7, 11) is 2.07. The maximum atomic E-state index is 10.2. The molecule has 0 bridgehead atoms. The highest BCUT2D eigenvalue weighted by Gasteiger charge is 2.27. The van der Waals surface area contributed by atoms with Gasteiger partial charge < -0.3 is 4.42 Å². The van der Waals surface area contributed by atoms with Gasteiger partial charge in [0.2, 0.25) is 5.69 Å². The predicted octanol–water partition coefficient (Wildman–Crippen LogP) is 7.43. The number of fused-ring (bicyclic) bond motifs is 3. The van der Waals surface area contributed by atoms with Gasteiger partial charge in [-0.3, -0.25) is 0 Å². The highest BCUT2D eigenvalue weighted by Crippen LogP contribution is 2.44. The maximum Gasteiger partial charge on any atom is 0.216 e. The fraction of sp³-hybridized carbons (Fsp3) is 0.379. The van der Waals surface area contributed by atoms with Crippen LogP contribution < -0.4 is 4.57 Å². The van der Waals surface area contributed by atoms with Crippen molar-refractivity contribution in [1.82, 2.24) is 0 Å². The molecule has 2 heterocycles. The highest BCUT2D eigenvalue weighted by molar-refractivity contribution is 6.13. The van der Waals surface area contributed by atoms with E-state index in [0.717, 1.165) is 38.8 Å². The number of aryl methyl sites for hydroxylation is 2. The van der Waals surface area contributed by atoms with Gasteiger partial charge in [-0.05, 0) is 54.4 Å². The molecule has 1 aliphatic rings. The Morgan fingerprint density at radius 1 is 1.06 bits per heavy atom. The molecular weight excluding hydrogens is 392 g/mol. The molecule has 0 atom stereocenters. The Hall–Kier alpha value is -3.12. The molecule has 0 spiro atoms. The van der Waals surface area contributed by atoms with E-state index in [0.29, 0.717) is 11.8 Å². The molecule has 0 radical (unpaired) electrons. The van der Waals surface area contributed by atoms with E-state index in [1.165, 1.54) is 48.8 Å². The second-order valence-electron chi connectivity index (χ2n) is 9.67. The fourth-order valence-corrected chi connectivity index (χ4v) is 5.62. The smallest absolute Gasteiger partial charge is 0.216 e. The van der Waals surface area contributed by atoms with Gasteiger partial charge in [-0.1, -0.05) is 51.3 Å². The summed E-state index contributed by atoms with van der Waals surface area (Å²) in [6.45, 7) is 6.63. The van der Waals surface area contributed by atoms with Crippen LogP contribution in [0.4, 0.5) is 0 Å². The summed E-state index contributed by atoms with van der Waals surface area (Å²) in [6, 6.07) is 15.5. The van der Waals surface area contributed by atoms with E-state index in [1.807, 2.05) is 6.07 Å². The lowest BCUT2D eigenvalue weighted by Gasteiger charge is -2.22. The van der Waals surface area contributed by atoms with E-state index < -0.39 is 0 Å². The minimum atomic E-state index is 0.360. The molecule has 3 nitrogen and oxygen atoms in total. The van der Waals surface area contributed by atoms with Crippen molar-refractivity contribution in [1.29, 1.82) is 5.26 Å². The summed E-state index contributed by atoms with van der Waals surface area (Å²) in [6.07, 6.45) is 8.21. The first-order valence-electron chi connectivity index (χ1n) is 11.9. The zero-order chi connectivity index (χ0) is 22.4. The van der Waals surface area contributed by atoms with E-state index in [4.69, 9.17) is 4.42 Å². The third-order valence-electron chi connectivity index (χ3n) is 7.26. The number of hydrogen-bond donors (Lipinski definition) is 0. The number of hydrogen-bond acceptors (Lipinski definition) is 2. The average Bonchev–Trinajstić information content (AvgIpc) is 3.18. The van der Waals surface area contributed by atoms with Crippen LogP contribution in [-0.2, 0) is 7.05 Å². The van der Waals surface area contributed by atoms with Crippen molar-refractivity contribution in [3.8, 4) is 17.3 Å². The van der Waals surface area contributed by atoms with Crippen LogP contribution in [0.1, 0.15) is 80.0 Å². The average molecular weight is 424 g/mol. The Morgan fingerprint density at radius 3 is 2.53 bits per heavy atom. The molecule has 1 fully saturated rings. The van der Waals surface area contributed by atoms with Gasteiger partial charge >= 0.3 is 0 Å². The van der Waals surface area contributed by atoms with Crippen molar-refractivity contribution in [3.05, 3.63) is 64.8 Å². The third-order valence-corrected chi connectivity index (χ3v) is 7.26. The largest absolute Gasteiger partial charge is 0.454 e. The quantitative estimate of drug-likeness (QED) is 0.321. The van der Waals surface area contributed by atoms with Crippen LogP contribution in [0.15, 0.2) is 47.0 Å². The molecule has 0 N–H and O–H groups in total. The normalized spacial score (nSPS) is 15.0. The molecule has 4 aromatic rings. The van der Waals surface area contributed by atoms with Crippen LogP contribution >= 0.6 is 0 Å². The van der Waals surface area contributed by atoms with Gasteiger partial charge in [-0.2, -0.15) is 5.26 Å². The van der Waals surface area contributed by atoms with Gasteiger partial charge in [0.15, 0.2) is 11.8 Å². The van der Waals surface area contributed by atoms with E-state index in [2.05, 4.69) is 75.0 Å². The molecule has 0 saturated heterocycles. The van der Waals surface area contributed by atoms with Crippen molar-refractivity contribution in [3.63, 3.8) is 0 Å². The van der Waals surface area contributed by atoms with Gasteiger partial charge in [-0.25, -0.2) is 4.57 Å². The van der Waals surface area contributed by atoms with Gasteiger partial charge in [0.25, 0.3) is 0 Å². The number of rotatable bonds is 3. The van der Waals surface area contributed by atoms with Crippen molar-refractivity contribution in [2.24, 2.45) is 7.05 Å². The Kier molecular flexibility index (Phi) is 5.25. The minimum absolute atomic E-state index is 0.360. The standard InChI is InChI=1S/C29H31N2O/c1-18(2)23-16-19(3)26(25-12-8-9-15-31(25)4)29-27(23)22-14-13-21(20-10-6-5-7-11-20)24(17-30)28(22)32-29/h8-9,12-16,18,20H,5-7,10-11H2,1-4H3/q+1. The lowest BCUT2D eigenvalue weighted by molar-refractivity contribution is -0.660. The van der Waals surface area contributed by atoms with Crippen LogP contribution in [0, 0.1) is 18.3 Å². The number of nitrogens with zero attached hydrogens (tertiary/aromatic N) is 2. The third kappa shape index (κ3) is 3.21. The number of aromatic nitrogens is 1. The molecule has 2 aromatic heterocycles. The lowest BCUT2D eigenvalue weighted by Crippen LogP contribution is -2.30. The van der Waals surface area contributed by atoms with Crippen molar-refractivity contribution in [2.45, 2.75) is 64.7 Å². The SMILES string of the molecule is Cc1cc(C(C)C)c2c(oc3c(C#N)c(C4CCCCC4)ccc32)c1-c1cccc[n+]1C. The van der Waals surface area contributed by atoms with E-state index >= 15 is 0 Å². The Bertz CT molecular complexity index is 1360. The zero-order valence-corrected chi connectivity index (χ0v) is 19.5. The zero-order valence-electron chi connectivity index (χ0n) is 19.5. The summed E-state index contributed by atoms with van der Waals surface area (Å²) in [4.78, 5) is 0. The summed E-state index contributed by atoms with van der Waals surface area (Å²) in [5, 5.41) is 12.4. The Labute approximate surface area is 190 Å². The van der Waals surface area contributed by atoms with E-state index in [-0.39, 0.29) is 0 Å². The van der Waals surface area contributed by atoms with Crippen LogP contribution in [0.2, 0.25) is 0 Å². The molecule has 0 amide bonds. The van der Waals surface area contributed by atoms with E-state index in [9.17, 15) is 5.26 Å². The second-order valence-corrected chi connectivity index (χ2v) is 9.67. The van der Waals surface area contributed by atoms with Crippen LogP contribution in [0.25, 0.3) is 33.2 Å². The Balaban J connectivity index is 1.88. The molecule has 1 saturated carbocycles. The molecule has 162 valence electrons. The van der Waals surface area contributed by atoms with Gasteiger partial charge in [0, 0.05) is 22.9 Å². The summed E-state index contributed by atoms with van der Waals surface area (Å²) in [5.74, 6) is 0.827. The van der Waals surface area contributed by atoms with Gasteiger partial charge in [0.05, 0.1) is 11.1 Å². The Morgan fingerprint density at radius 2 is 1.84 bits per heavy atom. The van der Waals surface area contributed by atoms with Gasteiger partial charge in [0.1, 0.15) is 18.7 Å². The molecule has 0 aliphatic heterocycles. The molecular formula is C29H31N2O+. The summed E-state index contributed by atoms with van der Waals surface area (Å²) >= 11 is 0. The molecule has 5 rings (SSSR count). The van der Waals surface area contributed by atoms with E-state index in [1.54, 1.807) is 0 Å². The molecule has 2 aromatic carbocycles. The molecule has 0 unspecified atom stereocenters. The van der Waals surface area contributed by atoms with Crippen LogP contribution in [-0.4, -0.2) is 0 Å². The van der Waals surface area contributed by atoms with Crippen molar-refractivity contribution < 1.29 is 8.98 Å². The first-order chi connectivity index (χ1) is 15.5. The molecule has 32 heavy (non-hydrogen) atoms. The first-order valence-corrected chi connectivity index (χ1v) is 11.9. The number of pyridine rings is 1. The predicted molar refractivity (Wildman–Crippen MR) is 130 cm³/mol. The highest BCUT2D eigenvalue weighted by atomic mass is 16.3.